The molecule has 0 spiro atoms. The van der Waals surface area contributed by atoms with Crippen molar-refractivity contribution in [3.8, 4) is 0 Å². The van der Waals surface area contributed by atoms with Gasteiger partial charge < -0.3 is 10.6 Å². The smallest absolute Gasteiger partial charge is 0.257 e. The van der Waals surface area contributed by atoms with Gasteiger partial charge in [-0.25, -0.2) is 0 Å². The van der Waals surface area contributed by atoms with Gasteiger partial charge in [-0.3, -0.25) is 4.79 Å². The number of nitrogens with one attached hydrogen (secondary N) is 2. The number of halogens is 1. The van der Waals surface area contributed by atoms with Gasteiger partial charge in [0.05, 0.1) is 11.3 Å². The number of hydrogen-bond acceptors (Lipinski definition) is 2. The molecule has 0 fully saturated rings. The van der Waals surface area contributed by atoms with E-state index in [0.717, 1.165) is 33.5 Å². The normalized spacial score (nSPS) is 10.3. The first-order chi connectivity index (χ1) is 10.0. The van der Waals surface area contributed by atoms with Gasteiger partial charge in [-0.05, 0) is 66.0 Å². The summed E-state index contributed by atoms with van der Waals surface area (Å²) in [7, 11) is 0. The van der Waals surface area contributed by atoms with E-state index in [2.05, 4.69) is 26.6 Å². The first-order valence-electron chi connectivity index (χ1n) is 6.94. The molecule has 2 rings (SSSR count). The van der Waals surface area contributed by atoms with Crippen LogP contribution in [-0.2, 0) is 0 Å². The standard InChI is InChI=1S/C17H19BrN2O/c1-4-19-15-10-11(2)8-9-13(15)17(21)20-14-7-5-6-12(3)16(14)18/h5-10,19H,4H2,1-3H3,(H,20,21). The molecule has 0 saturated carbocycles. The highest BCUT2D eigenvalue weighted by Crippen LogP contribution is 2.27. The van der Waals surface area contributed by atoms with Crippen molar-refractivity contribution in [2.24, 2.45) is 0 Å². The molecule has 0 aliphatic rings. The van der Waals surface area contributed by atoms with E-state index < -0.39 is 0 Å². The van der Waals surface area contributed by atoms with E-state index in [-0.39, 0.29) is 5.91 Å². The SMILES string of the molecule is CCNc1cc(C)ccc1C(=O)Nc1cccc(C)c1Br. The van der Waals surface area contributed by atoms with E-state index in [1.165, 1.54) is 0 Å². The molecule has 4 heteroatoms. The zero-order valence-corrected chi connectivity index (χ0v) is 14.0. The molecule has 0 atom stereocenters. The number of rotatable bonds is 4. The summed E-state index contributed by atoms with van der Waals surface area (Å²) in [4.78, 5) is 12.5. The van der Waals surface area contributed by atoms with E-state index >= 15 is 0 Å². The summed E-state index contributed by atoms with van der Waals surface area (Å²) in [6, 6.07) is 11.6. The summed E-state index contributed by atoms with van der Waals surface area (Å²) < 4.78 is 0.912. The van der Waals surface area contributed by atoms with Crippen molar-refractivity contribution in [2.75, 3.05) is 17.2 Å². The summed E-state index contributed by atoms with van der Waals surface area (Å²) >= 11 is 3.51. The zero-order chi connectivity index (χ0) is 15.4. The summed E-state index contributed by atoms with van der Waals surface area (Å²) in [5.41, 5.74) is 4.50. The zero-order valence-electron chi connectivity index (χ0n) is 12.5. The lowest BCUT2D eigenvalue weighted by atomic mass is 10.1. The van der Waals surface area contributed by atoms with E-state index in [1.54, 1.807) is 0 Å². The lowest BCUT2D eigenvalue weighted by Gasteiger charge is -2.13. The van der Waals surface area contributed by atoms with Crippen LogP contribution in [-0.4, -0.2) is 12.5 Å². The third kappa shape index (κ3) is 3.64. The van der Waals surface area contributed by atoms with Gasteiger partial charge in [0.2, 0.25) is 0 Å². The second kappa shape index (κ2) is 6.76. The van der Waals surface area contributed by atoms with Crippen molar-refractivity contribution < 1.29 is 4.79 Å². The molecule has 0 heterocycles. The Morgan fingerprint density at radius 1 is 1.14 bits per heavy atom. The van der Waals surface area contributed by atoms with Gasteiger partial charge in [0, 0.05) is 16.7 Å². The molecule has 0 aromatic heterocycles. The third-order valence-electron chi connectivity index (χ3n) is 3.23. The molecule has 1 amide bonds. The summed E-state index contributed by atoms with van der Waals surface area (Å²) in [5, 5.41) is 6.20. The van der Waals surface area contributed by atoms with Crippen LogP contribution in [0.4, 0.5) is 11.4 Å². The number of carbonyl (C=O) groups is 1. The van der Waals surface area contributed by atoms with Gasteiger partial charge in [-0.1, -0.05) is 18.2 Å². The summed E-state index contributed by atoms with van der Waals surface area (Å²) in [5.74, 6) is -0.114. The Morgan fingerprint density at radius 3 is 2.62 bits per heavy atom. The molecule has 0 radical (unpaired) electrons. The van der Waals surface area contributed by atoms with Crippen LogP contribution in [0.15, 0.2) is 40.9 Å². The lowest BCUT2D eigenvalue weighted by molar-refractivity contribution is 0.102. The molecule has 110 valence electrons. The van der Waals surface area contributed by atoms with Crippen LogP contribution in [0.25, 0.3) is 0 Å². The number of anilines is 2. The van der Waals surface area contributed by atoms with Gasteiger partial charge in [0.25, 0.3) is 5.91 Å². The Bertz CT molecular complexity index is 668. The highest BCUT2D eigenvalue weighted by atomic mass is 79.9. The van der Waals surface area contributed by atoms with Crippen molar-refractivity contribution >= 4 is 33.2 Å². The van der Waals surface area contributed by atoms with Crippen molar-refractivity contribution in [1.29, 1.82) is 0 Å². The fourth-order valence-electron chi connectivity index (χ4n) is 2.13. The van der Waals surface area contributed by atoms with Crippen LogP contribution >= 0.6 is 15.9 Å². The minimum absolute atomic E-state index is 0.114. The van der Waals surface area contributed by atoms with Gasteiger partial charge in [0.15, 0.2) is 0 Å². The van der Waals surface area contributed by atoms with Crippen LogP contribution < -0.4 is 10.6 Å². The second-order valence-electron chi connectivity index (χ2n) is 4.97. The largest absolute Gasteiger partial charge is 0.385 e. The molecule has 3 nitrogen and oxygen atoms in total. The monoisotopic (exact) mass is 346 g/mol. The molecular formula is C17H19BrN2O. The number of carbonyl (C=O) groups excluding carboxylic acids is 1. The van der Waals surface area contributed by atoms with E-state index in [4.69, 9.17) is 0 Å². The second-order valence-corrected chi connectivity index (χ2v) is 5.76. The Labute approximate surface area is 133 Å². The maximum atomic E-state index is 12.5. The van der Waals surface area contributed by atoms with Crippen LogP contribution in [0, 0.1) is 13.8 Å². The maximum absolute atomic E-state index is 12.5. The maximum Gasteiger partial charge on any atom is 0.257 e. The Kier molecular flexibility index (Phi) is 5.02. The summed E-state index contributed by atoms with van der Waals surface area (Å²) in [6.45, 7) is 6.80. The predicted molar refractivity (Wildman–Crippen MR) is 92.2 cm³/mol. The first kappa shape index (κ1) is 15.6. The van der Waals surface area contributed by atoms with Crippen LogP contribution in [0.3, 0.4) is 0 Å². The van der Waals surface area contributed by atoms with Gasteiger partial charge in [-0.2, -0.15) is 0 Å². The van der Waals surface area contributed by atoms with Crippen molar-refractivity contribution in [3.05, 3.63) is 57.6 Å². The van der Waals surface area contributed by atoms with E-state index in [0.29, 0.717) is 5.56 Å². The third-order valence-corrected chi connectivity index (χ3v) is 4.28. The fraction of sp³-hybridized carbons (Fsp3) is 0.235. The lowest BCUT2D eigenvalue weighted by Crippen LogP contribution is -2.15. The minimum atomic E-state index is -0.114. The Hall–Kier alpha value is -1.81. The van der Waals surface area contributed by atoms with Crippen LogP contribution in [0.5, 0.6) is 0 Å². The fourth-order valence-corrected chi connectivity index (χ4v) is 2.49. The Balaban J connectivity index is 2.30. The number of aryl methyl sites for hydroxylation is 2. The van der Waals surface area contributed by atoms with E-state index in [9.17, 15) is 4.79 Å². The highest BCUT2D eigenvalue weighted by molar-refractivity contribution is 9.10. The first-order valence-corrected chi connectivity index (χ1v) is 7.73. The topological polar surface area (TPSA) is 41.1 Å². The van der Waals surface area contributed by atoms with Gasteiger partial charge >= 0.3 is 0 Å². The number of hydrogen-bond donors (Lipinski definition) is 2. The van der Waals surface area contributed by atoms with Crippen molar-refractivity contribution in [3.63, 3.8) is 0 Å². The molecular weight excluding hydrogens is 328 g/mol. The number of benzene rings is 2. The molecule has 21 heavy (non-hydrogen) atoms. The van der Waals surface area contributed by atoms with Gasteiger partial charge in [0.1, 0.15) is 0 Å². The molecule has 2 aromatic rings. The average Bonchev–Trinajstić information content (AvgIpc) is 2.44. The molecule has 2 aromatic carbocycles. The summed E-state index contributed by atoms with van der Waals surface area (Å²) in [6.07, 6.45) is 0. The molecule has 0 saturated heterocycles. The molecule has 0 unspecified atom stereocenters. The highest BCUT2D eigenvalue weighted by Gasteiger charge is 2.13. The van der Waals surface area contributed by atoms with Crippen molar-refractivity contribution in [2.45, 2.75) is 20.8 Å². The van der Waals surface area contributed by atoms with E-state index in [1.807, 2.05) is 57.2 Å². The van der Waals surface area contributed by atoms with Gasteiger partial charge in [-0.15, -0.1) is 0 Å². The van der Waals surface area contributed by atoms with Crippen LogP contribution in [0.1, 0.15) is 28.4 Å². The Morgan fingerprint density at radius 2 is 1.90 bits per heavy atom. The van der Waals surface area contributed by atoms with Crippen LogP contribution in [0.2, 0.25) is 0 Å². The molecule has 0 bridgehead atoms. The number of amides is 1. The molecule has 0 aliphatic carbocycles. The molecule has 2 N–H and O–H groups in total. The van der Waals surface area contributed by atoms with Crippen molar-refractivity contribution in [1.82, 2.24) is 0 Å². The molecule has 0 aliphatic heterocycles. The minimum Gasteiger partial charge on any atom is -0.385 e. The quantitative estimate of drug-likeness (QED) is 0.838. The predicted octanol–water partition coefficient (Wildman–Crippen LogP) is 4.75. The average molecular weight is 347 g/mol.